The molecule has 1 saturated heterocycles. The van der Waals surface area contributed by atoms with Gasteiger partial charge in [0, 0.05) is 24.3 Å². The highest BCUT2D eigenvalue weighted by Crippen LogP contribution is 2.35. The molecule has 1 aromatic heterocycles. The largest absolute Gasteiger partial charge is 0.416 e. The number of ether oxygens (including phenoxy) is 1. The molecule has 0 bridgehead atoms. The number of fused-ring (bicyclic) bond motifs is 1. The molecule has 32 heavy (non-hydrogen) atoms. The van der Waals surface area contributed by atoms with Crippen LogP contribution in [0.2, 0.25) is 0 Å². The van der Waals surface area contributed by atoms with E-state index in [1.54, 1.807) is 16.7 Å². The van der Waals surface area contributed by atoms with Crippen molar-refractivity contribution in [2.75, 3.05) is 37.4 Å². The van der Waals surface area contributed by atoms with Gasteiger partial charge in [0.05, 0.1) is 43.6 Å². The van der Waals surface area contributed by atoms with Gasteiger partial charge in [-0.05, 0) is 46.6 Å². The summed E-state index contributed by atoms with van der Waals surface area (Å²) in [7, 11) is 0. The minimum atomic E-state index is -4.50. The first-order valence-corrected chi connectivity index (χ1v) is 10.8. The van der Waals surface area contributed by atoms with E-state index in [1.165, 1.54) is 6.07 Å². The second-order valence-corrected chi connectivity index (χ2v) is 8.47. The number of urea groups is 1. The van der Waals surface area contributed by atoms with Crippen LogP contribution in [-0.4, -0.2) is 52.1 Å². The van der Waals surface area contributed by atoms with Crippen LogP contribution in [0.5, 0.6) is 0 Å². The Bertz CT molecular complexity index is 1030. The molecule has 2 aliphatic rings. The molecule has 1 atom stereocenters. The quantitative estimate of drug-likeness (QED) is 0.477. The number of halogens is 4. The molecule has 172 valence electrons. The van der Waals surface area contributed by atoms with Crippen LogP contribution >= 0.6 is 15.9 Å². The summed E-state index contributed by atoms with van der Waals surface area (Å²) in [6, 6.07) is 2.85. The maximum atomic E-state index is 13.2. The van der Waals surface area contributed by atoms with Crippen LogP contribution in [0.15, 0.2) is 22.9 Å². The molecule has 1 fully saturated rings. The van der Waals surface area contributed by atoms with Gasteiger partial charge >= 0.3 is 12.2 Å². The molecule has 0 radical (unpaired) electrons. The molecular weight excluding hydrogens is 493 g/mol. The van der Waals surface area contributed by atoms with E-state index in [-0.39, 0.29) is 11.7 Å². The van der Waals surface area contributed by atoms with Crippen molar-refractivity contribution in [2.24, 2.45) is 0 Å². The lowest BCUT2D eigenvalue weighted by Gasteiger charge is -2.30. The molecule has 12 heteroatoms. The number of rotatable bonds is 3. The fourth-order valence-corrected chi connectivity index (χ4v) is 4.20. The summed E-state index contributed by atoms with van der Waals surface area (Å²) in [4.78, 5) is 25.1. The molecule has 3 heterocycles. The summed E-state index contributed by atoms with van der Waals surface area (Å²) >= 11 is 3.28. The number of hydrogen-bond acceptors (Lipinski definition) is 6. The summed E-state index contributed by atoms with van der Waals surface area (Å²) in [6.07, 6.45) is -4.50. The minimum absolute atomic E-state index is 0.0276. The Kier molecular flexibility index (Phi) is 6.17. The number of alkyl halides is 3. The Morgan fingerprint density at radius 2 is 1.91 bits per heavy atom. The fourth-order valence-electron chi connectivity index (χ4n) is 3.81. The van der Waals surface area contributed by atoms with E-state index in [2.05, 4.69) is 31.2 Å². The van der Waals surface area contributed by atoms with E-state index in [0.717, 1.165) is 17.7 Å². The first kappa shape index (κ1) is 22.6. The van der Waals surface area contributed by atoms with Crippen molar-refractivity contribution in [2.45, 2.75) is 32.2 Å². The summed E-state index contributed by atoms with van der Waals surface area (Å²) in [5, 5.41) is 3.17. The highest BCUT2D eigenvalue weighted by atomic mass is 79.9. The Morgan fingerprint density at radius 3 is 2.59 bits per heavy atom. The number of carbonyl (C=O) groups is 1. The molecule has 0 saturated carbocycles. The van der Waals surface area contributed by atoms with Gasteiger partial charge in [-0.25, -0.2) is 14.8 Å². The summed E-state index contributed by atoms with van der Waals surface area (Å²) in [5.74, 6) is 0.461. The number of carbonyl (C=O) groups excluding carboxylic acids is 1. The van der Waals surface area contributed by atoms with Crippen molar-refractivity contribution >= 4 is 33.5 Å². The van der Waals surface area contributed by atoms with Crippen molar-refractivity contribution in [3.63, 3.8) is 0 Å². The number of nitrogens with zero attached hydrogens (tertiary/aromatic N) is 4. The van der Waals surface area contributed by atoms with E-state index in [4.69, 9.17) is 10.5 Å². The fraction of sp³-hybridized carbons (Fsp3) is 0.450. The minimum Gasteiger partial charge on any atom is -0.399 e. The molecule has 0 unspecified atom stereocenters. The maximum absolute atomic E-state index is 13.2. The standard InChI is InChI=1S/C20H22BrF3N6O2/c1-11(12-6-13(20(22,23)24)8-14(25)7-12)26-17-15-9-30(10-16(15)27-18(21)28-17)19(31)29-2-4-32-5-3-29/h6-8,11H,2-5,9-10,25H2,1H3,(H,26,27,28)/t11-/m1/s1. The average molecular weight is 515 g/mol. The molecule has 3 N–H and O–H groups in total. The second-order valence-electron chi connectivity index (χ2n) is 7.76. The van der Waals surface area contributed by atoms with E-state index in [0.29, 0.717) is 61.2 Å². The number of anilines is 2. The van der Waals surface area contributed by atoms with Crippen LogP contribution in [0.25, 0.3) is 0 Å². The van der Waals surface area contributed by atoms with Crippen molar-refractivity contribution in [1.82, 2.24) is 19.8 Å². The van der Waals surface area contributed by atoms with Gasteiger partial charge in [0.25, 0.3) is 0 Å². The Morgan fingerprint density at radius 1 is 1.19 bits per heavy atom. The Balaban J connectivity index is 1.56. The Hall–Kier alpha value is -2.60. The summed E-state index contributed by atoms with van der Waals surface area (Å²) < 4.78 is 45.2. The van der Waals surface area contributed by atoms with Gasteiger partial charge in [0.15, 0.2) is 4.73 Å². The number of hydrogen-bond donors (Lipinski definition) is 2. The third-order valence-corrected chi connectivity index (χ3v) is 5.82. The highest BCUT2D eigenvalue weighted by molar-refractivity contribution is 9.10. The van der Waals surface area contributed by atoms with Crippen LogP contribution in [0, 0.1) is 0 Å². The molecule has 2 aliphatic heterocycles. The monoisotopic (exact) mass is 514 g/mol. The number of aromatic nitrogens is 2. The van der Waals surface area contributed by atoms with Crippen LogP contribution in [0.4, 0.5) is 29.5 Å². The zero-order valence-electron chi connectivity index (χ0n) is 17.2. The second kappa shape index (κ2) is 8.74. The predicted molar refractivity (Wildman–Crippen MR) is 115 cm³/mol. The van der Waals surface area contributed by atoms with Crippen LogP contribution < -0.4 is 11.1 Å². The predicted octanol–water partition coefficient (Wildman–Crippen LogP) is 3.78. The number of amides is 2. The van der Waals surface area contributed by atoms with E-state index >= 15 is 0 Å². The van der Waals surface area contributed by atoms with Gasteiger partial charge in [-0.15, -0.1) is 0 Å². The zero-order chi connectivity index (χ0) is 23.0. The third-order valence-electron chi connectivity index (χ3n) is 5.47. The lowest BCUT2D eigenvalue weighted by molar-refractivity contribution is -0.137. The van der Waals surface area contributed by atoms with Gasteiger partial charge in [0.1, 0.15) is 5.82 Å². The lowest BCUT2D eigenvalue weighted by Crippen LogP contribution is -2.46. The number of nitrogen functional groups attached to an aromatic ring is 1. The maximum Gasteiger partial charge on any atom is 0.416 e. The van der Waals surface area contributed by atoms with Crippen molar-refractivity contribution in [3.05, 3.63) is 45.3 Å². The summed E-state index contributed by atoms with van der Waals surface area (Å²) in [6.45, 7) is 4.42. The van der Waals surface area contributed by atoms with Crippen LogP contribution in [0.3, 0.4) is 0 Å². The number of benzene rings is 1. The molecular formula is C20H22BrF3N6O2. The van der Waals surface area contributed by atoms with Gasteiger partial charge in [-0.2, -0.15) is 13.2 Å². The number of nitrogens with two attached hydrogens (primary N) is 1. The topological polar surface area (TPSA) is 96.6 Å². The molecule has 2 aromatic rings. The van der Waals surface area contributed by atoms with Crippen molar-refractivity contribution in [3.8, 4) is 0 Å². The van der Waals surface area contributed by atoms with Crippen LogP contribution in [0.1, 0.15) is 35.3 Å². The van der Waals surface area contributed by atoms with Crippen molar-refractivity contribution < 1.29 is 22.7 Å². The lowest BCUT2D eigenvalue weighted by atomic mass is 10.0. The first-order chi connectivity index (χ1) is 15.1. The van der Waals surface area contributed by atoms with Gasteiger partial charge in [0.2, 0.25) is 0 Å². The number of nitrogens with one attached hydrogen (secondary N) is 1. The molecule has 1 aromatic carbocycles. The smallest absolute Gasteiger partial charge is 0.399 e. The molecule has 2 amide bonds. The Labute approximate surface area is 191 Å². The molecule has 4 rings (SSSR count). The highest BCUT2D eigenvalue weighted by Gasteiger charge is 2.33. The van der Waals surface area contributed by atoms with Gasteiger partial charge in [-0.1, -0.05) is 0 Å². The third kappa shape index (κ3) is 4.75. The van der Waals surface area contributed by atoms with E-state index in [1.807, 2.05) is 0 Å². The molecule has 0 aliphatic carbocycles. The normalized spacial score (nSPS) is 17.3. The molecule has 8 nitrogen and oxygen atoms in total. The van der Waals surface area contributed by atoms with Crippen LogP contribution in [-0.2, 0) is 24.0 Å². The summed E-state index contributed by atoms with van der Waals surface area (Å²) in [5.41, 5.74) is 6.72. The van der Waals surface area contributed by atoms with Gasteiger partial charge < -0.3 is 25.6 Å². The van der Waals surface area contributed by atoms with E-state index in [9.17, 15) is 18.0 Å². The number of morpholine rings is 1. The average Bonchev–Trinajstić information content (AvgIpc) is 3.17. The zero-order valence-corrected chi connectivity index (χ0v) is 18.8. The van der Waals surface area contributed by atoms with Crippen molar-refractivity contribution in [1.29, 1.82) is 0 Å². The SMILES string of the molecule is C[C@@H](Nc1nc(Br)nc2c1CN(C(=O)N1CCOCC1)C2)c1cc(N)cc(C(F)(F)F)c1. The first-order valence-electron chi connectivity index (χ1n) is 10.0. The van der Waals surface area contributed by atoms with E-state index < -0.39 is 17.8 Å². The van der Waals surface area contributed by atoms with Gasteiger partial charge in [-0.3, -0.25) is 0 Å². The molecule has 0 spiro atoms.